The molecule has 2 rings (SSSR count). The second kappa shape index (κ2) is 5.18. The van der Waals surface area contributed by atoms with Crippen molar-refractivity contribution in [3.63, 3.8) is 0 Å². The zero-order chi connectivity index (χ0) is 13.1. The fraction of sp³-hybridized carbons (Fsp3) is 0.0769. The first-order valence-corrected chi connectivity index (χ1v) is 6.15. The summed E-state index contributed by atoms with van der Waals surface area (Å²) in [5.41, 5.74) is 7.83. The lowest BCUT2D eigenvalue weighted by Gasteiger charge is -2.08. The number of hydrogen-bond acceptors (Lipinski definition) is 3. The molecule has 0 aliphatic carbocycles. The number of amides is 1. The fourth-order valence-corrected chi connectivity index (χ4v) is 1.86. The minimum absolute atomic E-state index is 0.223. The minimum Gasteiger partial charge on any atom is -0.383 e. The molecule has 18 heavy (non-hydrogen) atoms. The van der Waals surface area contributed by atoms with Crippen molar-refractivity contribution in [2.24, 2.45) is 0 Å². The van der Waals surface area contributed by atoms with E-state index in [9.17, 15) is 4.79 Å². The van der Waals surface area contributed by atoms with Gasteiger partial charge in [0.2, 0.25) is 0 Å². The number of aryl methyl sites for hydroxylation is 1. The Labute approximate surface area is 113 Å². The van der Waals surface area contributed by atoms with E-state index in [0.29, 0.717) is 11.3 Å². The first-order chi connectivity index (χ1) is 8.58. The predicted molar refractivity (Wildman–Crippen MR) is 75.5 cm³/mol. The molecular weight excluding hydrogens is 294 g/mol. The molecule has 0 aliphatic rings. The third kappa shape index (κ3) is 2.68. The number of carbonyl (C=O) groups excluding carboxylic acids is 1. The van der Waals surface area contributed by atoms with Gasteiger partial charge in [0.1, 0.15) is 5.82 Å². The maximum atomic E-state index is 12.0. The van der Waals surface area contributed by atoms with Gasteiger partial charge in [0.25, 0.3) is 5.91 Å². The molecule has 0 unspecified atom stereocenters. The molecule has 1 heterocycles. The van der Waals surface area contributed by atoms with Crippen LogP contribution in [0.2, 0.25) is 0 Å². The minimum atomic E-state index is -0.267. The van der Waals surface area contributed by atoms with E-state index < -0.39 is 0 Å². The summed E-state index contributed by atoms with van der Waals surface area (Å²) >= 11 is 3.42. The lowest BCUT2D eigenvalue weighted by atomic mass is 10.2. The van der Waals surface area contributed by atoms with Gasteiger partial charge in [-0.05, 0) is 36.8 Å². The van der Waals surface area contributed by atoms with Crippen LogP contribution < -0.4 is 11.1 Å². The quantitative estimate of drug-likeness (QED) is 0.896. The van der Waals surface area contributed by atoms with Crippen LogP contribution in [-0.4, -0.2) is 10.9 Å². The van der Waals surface area contributed by atoms with Crippen LogP contribution in [0.1, 0.15) is 15.9 Å². The molecule has 0 radical (unpaired) electrons. The highest BCUT2D eigenvalue weighted by molar-refractivity contribution is 9.10. The lowest BCUT2D eigenvalue weighted by Crippen LogP contribution is -2.14. The Balaban J connectivity index is 2.22. The summed E-state index contributed by atoms with van der Waals surface area (Å²) < 4.78 is 0.944. The van der Waals surface area contributed by atoms with Crippen LogP contribution in [0.25, 0.3) is 0 Å². The van der Waals surface area contributed by atoms with Crippen LogP contribution in [0, 0.1) is 6.92 Å². The highest BCUT2D eigenvalue weighted by Crippen LogP contribution is 2.21. The lowest BCUT2D eigenvalue weighted by molar-refractivity contribution is 0.102. The monoisotopic (exact) mass is 305 g/mol. The Kier molecular flexibility index (Phi) is 3.62. The normalized spacial score (nSPS) is 10.1. The number of nitrogens with one attached hydrogen (secondary N) is 1. The Morgan fingerprint density at radius 1 is 1.39 bits per heavy atom. The SMILES string of the molecule is Cc1ccc(NC(=O)c2cccnc2N)cc1Br. The highest BCUT2D eigenvalue weighted by atomic mass is 79.9. The first-order valence-electron chi connectivity index (χ1n) is 5.36. The van der Waals surface area contributed by atoms with Crippen LogP contribution in [0.15, 0.2) is 41.0 Å². The van der Waals surface area contributed by atoms with E-state index in [4.69, 9.17) is 5.73 Å². The van der Waals surface area contributed by atoms with Crippen LogP contribution in [0.3, 0.4) is 0 Å². The molecule has 2 aromatic rings. The summed E-state index contributed by atoms with van der Waals surface area (Å²) in [5.74, 6) is -0.0440. The molecular formula is C13H12BrN3O. The van der Waals surface area contributed by atoms with Crippen molar-refractivity contribution in [1.29, 1.82) is 0 Å². The molecule has 1 aromatic carbocycles. The van der Waals surface area contributed by atoms with Crippen LogP contribution in [0.5, 0.6) is 0 Å². The van der Waals surface area contributed by atoms with E-state index in [-0.39, 0.29) is 11.7 Å². The number of carbonyl (C=O) groups is 1. The predicted octanol–water partition coefficient (Wildman–Crippen LogP) is 2.99. The van der Waals surface area contributed by atoms with E-state index >= 15 is 0 Å². The summed E-state index contributed by atoms with van der Waals surface area (Å²) in [4.78, 5) is 15.9. The molecule has 4 nitrogen and oxygen atoms in total. The number of halogens is 1. The van der Waals surface area contributed by atoms with Gasteiger partial charge >= 0.3 is 0 Å². The van der Waals surface area contributed by atoms with Crippen molar-refractivity contribution in [1.82, 2.24) is 4.98 Å². The van der Waals surface area contributed by atoms with Crippen molar-refractivity contribution in [2.45, 2.75) is 6.92 Å². The number of aromatic nitrogens is 1. The van der Waals surface area contributed by atoms with Gasteiger partial charge in [-0.25, -0.2) is 4.98 Å². The van der Waals surface area contributed by atoms with Gasteiger partial charge in [0, 0.05) is 16.4 Å². The number of anilines is 2. The van der Waals surface area contributed by atoms with Gasteiger partial charge in [-0.1, -0.05) is 22.0 Å². The van der Waals surface area contributed by atoms with Crippen molar-refractivity contribution in [3.05, 3.63) is 52.1 Å². The van der Waals surface area contributed by atoms with E-state index in [1.807, 2.05) is 25.1 Å². The van der Waals surface area contributed by atoms with Gasteiger partial charge < -0.3 is 11.1 Å². The van der Waals surface area contributed by atoms with Gasteiger partial charge in [-0.15, -0.1) is 0 Å². The molecule has 1 aromatic heterocycles. The molecule has 5 heteroatoms. The van der Waals surface area contributed by atoms with Crippen LogP contribution in [0.4, 0.5) is 11.5 Å². The molecule has 92 valence electrons. The number of nitrogen functional groups attached to an aromatic ring is 1. The van der Waals surface area contributed by atoms with Gasteiger partial charge in [-0.3, -0.25) is 4.79 Å². The second-order valence-corrected chi connectivity index (χ2v) is 4.71. The van der Waals surface area contributed by atoms with E-state index in [1.54, 1.807) is 18.3 Å². The maximum Gasteiger partial charge on any atom is 0.259 e. The van der Waals surface area contributed by atoms with Crippen molar-refractivity contribution < 1.29 is 4.79 Å². The molecule has 1 amide bonds. The zero-order valence-electron chi connectivity index (χ0n) is 9.77. The van der Waals surface area contributed by atoms with Crippen LogP contribution >= 0.6 is 15.9 Å². The van der Waals surface area contributed by atoms with Gasteiger partial charge in [0.15, 0.2) is 0 Å². The molecule has 0 bridgehead atoms. The topological polar surface area (TPSA) is 68.0 Å². The molecule has 0 saturated heterocycles. The standard InChI is InChI=1S/C13H12BrN3O/c1-8-4-5-9(7-11(8)14)17-13(18)10-3-2-6-16-12(10)15/h2-7H,1H3,(H2,15,16)(H,17,18). The number of nitrogens with zero attached hydrogens (tertiary/aromatic N) is 1. The molecule has 3 N–H and O–H groups in total. The summed E-state index contributed by atoms with van der Waals surface area (Å²) in [6, 6.07) is 8.92. The summed E-state index contributed by atoms with van der Waals surface area (Å²) in [6.45, 7) is 1.98. The van der Waals surface area contributed by atoms with Crippen molar-refractivity contribution >= 4 is 33.3 Å². The molecule has 0 spiro atoms. The van der Waals surface area contributed by atoms with E-state index in [0.717, 1.165) is 10.0 Å². The summed E-state index contributed by atoms with van der Waals surface area (Å²) in [7, 11) is 0. The maximum absolute atomic E-state index is 12.0. The zero-order valence-corrected chi connectivity index (χ0v) is 11.4. The first kappa shape index (κ1) is 12.6. The van der Waals surface area contributed by atoms with E-state index in [2.05, 4.69) is 26.2 Å². The summed E-state index contributed by atoms with van der Waals surface area (Å²) in [6.07, 6.45) is 1.55. The molecule has 0 fully saturated rings. The van der Waals surface area contributed by atoms with Crippen molar-refractivity contribution in [2.75, 3.05) is 11.1 Å². The Morgan fingerprint density at radius 3 is 2.83 bits per heavy atom. The highest BCUT2D eigenvalue weighted by Gasteiger charge is 2.10. The Morgan fingerprint density at radius 2 is 2.17 bits per heavy atom. The molecule has 0 atom stereocenters. The van der Waals surface area contributed by atoms with Crippen LogP contribution in [-0.2, 0) is 0 Å². The average Bonchev–Trinajstić information content (AvgIpc) is 2.34. The van der Waals surface area contributed by atoms with Gasteiger partial charge in [0.05, 0.1) is 5.56 Å². The Hall–Kier alpha value is -1.88. The summed E-state index contributed by atoms with van der Waals surface area (Å²) in [5, 5.41) is 2.78. The largest absolute Gasteiger partial charge is 0.383 e. The molecule has 0 saturated carbocycles. The number of nitrogens with two attached hydrogens (primary N) is 1. The third-order valence-corrected chi connectivity index (χ3v) is 3.37. The number of benzene rings is 1. The average molecular weight is 306 g/mol. The third-order valence-electron chi connectivity index (χ3n) is 2.51. The van der Waals surface area contributed by atoms with E-state index in [1.165, 1.54) is 0 Å². The smallest absolute Gasteiger partial charge is 0.259 e. The molecule has 0 aliphatic heterocycles. The number of pyridine rings is 1. The fourth-order valence-electron chi connectivity index (χ4n) is 1.48. The van der Waals surface area contributed by atoms with Gasteiger partial charge in [-0.2, -0.15) is 0 Å². The Bertz CT molecular complexity index is 599. The number of rotatable bonds is 2. The number of hydrogen-bond donors (Lipinski definition) is 2. The van der Waals surface area contributed by atoms with Crippen molar-refractivity contribution in [3.8, 4) is 0 Å². The second-order valence-electron chi connectivity index (χ2n) is 3.85.